The topological polar surface area (TPSA) is 92.2 Å². The Bertz CT molecular complexity index is 697. The Morgan fingerprint density at radius 1 is 1.24 bits per heavy atom. The van der Waals surface area contributed by atoms with Gasteiger partial charge >= 0.3 is 5.97 Å². The number of carbonyl (C=O) groups excluding carboxylic acids is 1. The van der Waals surface area contributed by atoms with Gasteiger partial charge in [0.1, 0.15) is 0 Å². The molecule has 0 spiro atoms. The molecular formula is C15H13N3O3. The van der Waals surface area contributed by atoms with E-state index >= 15 is 0 Å². The van der Waals surface area contributed by atoms with Gasteiger partial charge in [-0.3, -0.25) is 4.79 Å². The summed E-state index contributed by atoms with van der Waals surface area (Å²) < 4.78 is 0. The van der Waals surface area contributed by atoms with Crippen molar-refractivity contribution in [1.29, 1.82) is 0 Å². The van der Waals surface area contributed by atoms with Crippen LogP contribution in [0, 0.1) is 6.92 Å². The van der Waals surface area contributed by atoms with E-state index in [1.54, 1.807) is 37.3 Å². The van der Waals surface area contributed by atoms with Gasteiger partial charge in [0.15, 0.2) is 5.82 Å². The average Bonchev–Trinajstić information content (AvgIpc) is 2.47. The van der Waals surface area contributed by atoms with E-state index in [9.17, 15) is 9.59 Å². The molecule has 6 nitrogen and oxygen atoms in total. The standard InChI is InChI=1S/C15H13N3O3/c1-10-11(7-8-14(19)20)4-2-5-12(10)15(21)17-13-6-3-9-16-18-13/h2-9H,1H3,(H,19,20)(H,17,18,21)/b8-7+. The minimum Gasteiger partial charge on any atom is -0.478 e. The predicted octanol–water partition coefficient (Wildman–Crippen LogP) is 2.14. The summed E-state index contributed by atoms with van der Waals surface area (Å²) in [6, 6.07) is 8.41. The Morgan fingerprint density at radius 3 is 2.71 bits per heavy atom. The number of nitrogens with one attached hydrogen (secondary N) is 1. The Hall–Kier alpha value is -3.02. The van der Waals surface area contributed by atoms with Crippen LogP contribution in [0.3, 0.4) is 0 Å². The molecule has 6 heteroatoms. The van der Waals surface area contributed by atoms with Gasteiger partial charge in [-0.05, 0) is 42.3 Å². The smallest absolute Gasteiger partial charge is 0.328 e. The molecule has 106 valence electrons. The third-order valence-corrected chi connectivity index (χ3v) is 2.84. The highest BCUT2D eigenvalue weighted by Crippen LogP contribution is 2.16. The summed E-state index contributed by atoms with van der Waals surface area (Å²) >= 11 is 0. The Kier molecular flexibility index (Phi) is 4.40. The van der Waals surface area contributed by atoms with E-state index in [2.05, 4.69) is 15.5 Å². The number of aliphatic carboxylic acids is 1. The third kappa shape index (κ3) is 3.73. The van der Waals surface area contributed by atoms with Crippen molar-refractivity contribution in [3.8, 4) is 0 Å². The molecule has 1 amide bonds. The van der Waals surface area contributed by atoms with Gasteiger partial charge in [0.2, 0.25) is 0 Å². The van der Waals surface area contributed by atoms with Gasteiger partial charge in [-0.1, -0.05) is 12.1 Å². The van der Waals surface area contributed by atoms with Crippen molar-refractivity contribution in [2.24, 2.45) is 0 Å². The normalized spacial score (nSPS) is 10.5. The molecule has 2 rings (SSSR count). The lowest BCUT2D eigenvalue weighted by atomic mass is 10.0. The van der Waals surface area contributed by atoms with Crippen LogP contribution in [0.15, 0.2) is 42.6 Å². The SMILES string of the molecule is Cc1c(/C=C/C(=O)O)cccc1C(=O)Nc1cccnn1. The van der Waals surface area contributed by atoms with Crippen molar-refractivity contribution in [3.05, 3.63) is 59.3 Å². The van der Waals surface area contributed by atoms with Gasteiger partial charge in [0, 0.05) is 17.8 Å². The second kappa shape index (κ2) is 6.42. The number of carboxylic acids is 1. The number of amides is 1. The molecule has 0 atom stereocenters. The van der Waals surface area contributed by atoms with Crippen molar-refractivity contribution in [3.63, 3.8) is 0 Å². The highest BCUT2D eigenvalue weighted by molar-refractivity contribution is 6.05. The molecule has 1 aromatic heterocycles. The molecule has 0 unspecified atom stereocenters. The summed E-state index contributed by atoms with van der Waals surface area (Å²) in [5.74, 6) is -1.00. The quantitative estimate of drug-likeness (QED) is 0.839. The number of carboxylic acid groups (broad SMARTS) is 1. The van der Waals surface area contributed by atoms with Crippen molar-refractivity contribution >= 4 is 23.8 Å². The van der Waals surface area contributed by atoms with Crippen LogP contribution in [-0.2, 0) is 4.79 Å². The summed E-state index contributed by atoms with van der Waals surface area (Å²) in [6.07, 6.45) is 4.00. The summed E-state index contributed by atoms with van der Waals surface area (Å²) in [7, 11) is 0. The van der Waals surface area contributed by atoms with Gasteiger partial charge in [0.25, 0.3) is 5.91 Å². The molecule has 0 saturated carbocycles. The van der Waals surface area contributed by atoms with E-state index in [1.807, 2.05) is 0 Å². The molecule has 0 aliphatic heterocycles. The lowest BCUT2D eigenvalue weighted by Gasteiger charge is -2.08. The minimum absolute atomic E-state index is 0.321. The molecule has 2 N–H and O–H groups in total. The average molecular weight is 283 g/mol. The second-order valence-corrected chi connectivity index (χ2v) is 4.25. The largest absolute Gasteiger partial charge is 0.478 e. The number of aromatic nitrogens is 2. The fourth-order valence-electron chi connectivity index (χ4n) is 1.79. The highest BCUT2D eigenvalue weighted by atomic mass is 16.4. The van der Waals surface area contributed by atoms with Crippen LogP contribution in [-0.4, -0.2) is 27.2 Å². The van der Waals surface area contributed by atoms with Crippen molar-refractivity contribution < 1.29 is 14.7 Å². The first kappa shape index (κ1) is 14.4. The molecule has 2 aromatic rings. The molecule has 0 aliphatic rings. The summed E-state index contributed by atoms with van der Waals surface area (Å²) in [6.45, 7) is 1.76. The Morgan fingerprint density at radius 2 is 2.05 bits per heavy atom. The van der Waals surface area contributed by atoms with Gasteiger partial charge in [-0.2, -0.15) is 5.10 Å². The summed E-state index contributed by atoms with van der Waals surface area (Å²) in [5.41, 5.74) is 1.81. The van der Waals surface area contributed by atoms with E-state index in [1.165, 1.54) is 12.3 Å². The number of benzene rings is 1. The summed E-state index contributed by atoms with van der Waals surface area (Å²) in [4.78, 5) is 22.8. The van der Waals surface area contributed by atoms with Crippen LogP contribution in [0.1, 0.15) is 21.5 Å². The van der Waals surface area contributed by atoms with E-state index in [0.29, 0.717) is 22.5 Å². The van der Waals surface area contributed by atoms with E-state index in [4.69, 9.17) is 5.11 Å². The van der Waals surface area contributed by atoms with E-state index in [-0.39, 0.29) is 5.91 Å². The number of hydrogen-bond donors (Lipinski definition) is 2. The molecule has 0 bridgehead atoms. The van der Waals surface area contributed by atoms with Gasteiger partial charge in [-0.25, -0.2) is 4.79 Å². The lowest BCUT2D eigenvalue weighted by molar-refractivity contribution is -0.131. The number of carbonyl (C=O) groups is 2. The van der Waals surface area contributed by atoms with Gasteiger partial charge in [-0.15, -0.1) is 5.10 Å². The van der Waals surface area contributed by atoms with Crippen LogP contribution in [0.4, 0.5) is 5.82 Å². The second-order valence-electron chi connectivity index (χ2n) is 4.25. The maximum atomic E-state index is 12.2. The molecular weight excluding hydrogens is 270 g/mol. The third-order valence-electron chi connectivity index (χ3n) is 2.84. The van der Waals surface area contributed by atoms with E-state index in [0.717, 1.165) is 6.08 Å². The van der Waals surface area contributed by atoms with E-state index < -0.39 is 5.97 Å². The maximum Gasteiger partial charge on any atom is 0.328 e. The predicted molar refractivity (Wildman–Crippen MR) is 77.8 cm³/mol. The lowest BCUT2D eigenvalue weighted by Crippen LogP contribution is -2.15. The van der Waals surface area contributed by atoms with Gasteiger partial charge < -0.3 is 10.4 Å². The van der Waals surface area contributed by atoms with Crippen LogP contribution in [0.25, 0.3) is 6.08 Å². The number of anilines is 1. The molecule has 21 heavy (non-hydrogen) atoms. The van der Waals surface area contributed by atoms with Crippen LogP contribution in [0.5, 0.6) is 0 Å². The first-order valence-corrected chi connectivity index (χ1v) is 6.17. The highest BCUT2D eigenvalue weighted by Gasteiger charge is 2.11. The number of hydrogen-bond acceptors (Lipinski definition) is 4. The zero-order valence-electron chi connectivity index (χ0n) is 11.3. The van der Waals surface area contributed by atoms with Gasteiger partial charge in [0.05, 0.1) is 0 Å². The van der Waals surface area contributed by atoms with Crippen LogP contribution >= 0.6 is 0 Å². The zero-order chi connectivity index (χ0) is 15.2. The monoisotopic (exact) mass is 283 g/mol. The fourth-order valence-corrected chi connectivity index (χ4v) is 1.79. The molecule has 0 aliphatic carbocycles. The zero-order valence-corrected chi connectivity index (χ0v) is 11.3. The molecule has 0 saturated heterocycles. The number of rotatable bonds is 4. The Balaban J connectivity index is 2.26. The maximum absolute atomic E-state index is 12.2. The van der Waals surface area contributed by atoms with Crippen LogP contribution in [0.2, 0.25) is 0 Å². The molecule has 0 radical (unpaired) electrons. The fraction of sp³-hybridized carbons (Fsp3) is 0.0667. The van der Waals surface area contributed by atoms with Crippen LogP contribution < -0.4 is 5.32 Å². The minimum atomic E-state index is -1.04. The molecule has 1 heterocycles. The van der Waals surface area contributed by atoms with Crippen molar-refractivity contribution in [1.82, 2.24) is 10.2 Å². The first-order chi connectivity index (χ1) is 10.1. The van der Waals surface area contributed by atoms with Crippen molar-refractivity contribution in [2.45, 2.75) is 6.92 Å². The Labute approximate surface area is 121 Å². The number of nitrogens with zero attached hydrogens (tertiary/aromatic N) is 2. The van der Waals surface area contributed by atoms with Crippen molar-refractivity contribution in [2.75, 3.05) is 5.32 Å². The summed E-state index contributed by atoms with van der Waals surface area (Å²) in [5, 5.41) is 18.8. The molecule has 1 aromatic carbocycles. The molecule has 0 fully saturated rings. The first-order valence-electron chi connectivity index (χ1n) is 6.17.